The molecule has 0 bridgehead atoms. The van der Waals surface area contributed by atoms with Gasteiger partial charge < -0.3 is 10.2 Å². The topological polar surface area (TPSA) is 50.2 Å². The number of nitrogens with zero attached hydrogens (tertiary/aromatic N) is 3. The lowest BCUT2D eigenvalue weighted by atomic mass is 10.0. The minimum Gasteiger partial charge on any atom is -0.331 e. The first-order chi connectivity index (χ1) is 11.5. The van der Waals surface area contributed by atoms with E-state index in [1.54, 1.807) is 0 Å². The van der Waals surface area contributed by atoms with E-state index >= 15 is 0 Å². The van der Waals surface area contributed by atoms with Gasteiger partial charge in [-0.2, -0.15) is 5.10 Å². The van der Waals surface area contributed by atoms with Crippen LogP contribution in [0.1, 0.15) is 30.5 Å². The first-order valence-electron chi connectivity index (χ1n) is 8.29. The maximum absolute atomic E-state index is 12.5. The van der Waals surface area contributed by atoms with Crippen molar-refractivity contribution >= 4 is 17.6 Å². The molecule has 5 nitrogen and oxygen atoms in total. The van der Waals surface area contributed by atoms with Gasteiger partial charge in [-0.05, 0) is 48.9 Å². The van der Waals surface area contributed by atoms with Crippen LogP contribution in [0, 0.1) is 5.92 Å². The molecule has 2 amide bonds. The molecule has 0 aliphatic carbocycles. The Balaban J connectivity index is 1.52. The van der Waals surface area contributed by atoms with Crippen molar-refractivity contribution in [2.24, 2.45) is 13.0 Å². The number of nitrogens with one attached hydrogen (secondary N) is 1. The Morgan fingerprint density at radius 3 is 3.04 bits per heavy atom. The lowest BCUT2D eigenvalue weighted by Gasteiger charge is -2.21. The summed E-state index contributed by atoms with van der Waals surface area (Å²) in [6, 6.07) is 7.54. The molecule has 1 fully saturated rings. The number of halogens is 1. The maximum atomic E-state index is 12.5. The highest BCUT2D eigenvalue weighted by Gasteiger charge is 2.27. The number of hydrogen-bond donors (Lipinski definition) is 1. The van der Waals surface area contributed by atoms with Crippen molar-refractivity contribution in [2.75, 3.05) is 13.1 Å². The Morgan fingerprint density at radius 1 is 1.50 bits per heavy atom. The number of likely N-dealkylation sites (tertiary alicyclic amines) is 1. The second-order valence-corrected chi connectivity index (χ2v) is 6.99. The molecule has 6 heteroatoms. The lowest BCUT2D eigenvalue weighted by Crippen LogP contribution is -2.39. The van der Waals surface area contributed by atoms with E-state index in [-0.39, 0.29) is 12.1 Å². The molecule has 0 radical (unpaired) electrons. The van der Waals surface area contributed by atoms with Crippen LogP contribution in [0.3, 0.4) is 0 Å². The fourth-order valence-corrected chi connectivity index (χ4v) is 3.43. The number of carbonyl (C=O) groups is 1. The van der Waals surface area contributed by atoms with Gasteiger partial charge in [0, 0.05) is 31.4 Å². The summed E-state index contributed by atoms with van der Waals surface area (Å²) >= 11 is 6.02. The summed E-state index contributed by atoms with van der Waals surface area (Å²) in [7, 11) is 1.93. The molecule has 1 aromatic carbocycles. The monoisotopic (exact) mass is 346 g/mol. The van der Waals surface area contributed by atoms with E-state index in [4.69, 9.17) is 11.6 Å². The fourth-order valence-electron chi connectivity index (χ4n) is 3.23. The van der Waals surface area contributed by atoms with Crippen LogP contribution in [0.15, 0.2) is 36.7 Å². The van der Waals surface area contributed by atoms with Crippen molar-refractivity contribution in [3.05, 3.63) is 52.8 Å². The third kappa shape index (κ3) is 4.09. The van der Waals surface area contributed by atoms with Gasteiger partial charge in [0.15, 0.2) is 0 Å². The molecule has 3 rings (SSSR count). The van der Waals surface area contributed by atoms with Gasteiger partial charge >= 0.3 is 6.03 Å². The highest BCUT2D eigenvalue weighted by Crippen LogP contribution is 2.22. The van der Waals surface area contributed by atoms with Crippen molar-refractivity contribution in [2.45, 2.75) is 25.8 Å². The number of carbonyl (C=O) groups excluding carboxylic acids is 1. The predicted octanol–water partition coefficient (Wildman–Crippen LogP) is 3.41. The molecule has 0 spiro atoms. The van der Waals surface area contributed by atoms with Crippen LogP contribution in [0.4, 0.5) is 4.79 Å². The van der Waals surface area contributed by atoms with Gasteiger partial charge in [-0.3, -0.25) is 4.68 Å². The minimum atomic E-state index is -0.0615. The van der Waals surface area contributed by atoms with Gasteiger partial charge in [0.1, 0.15) is 0 Å². The summed E-state index contributed by atoms with van der Waals surface area (Å²) in [6.45, 7) is 3.58. The summed E-state index contributed by atoms with van der Waals surface area (Å²) in [5, 5.41) is 7.96. The standard InChI is InChI=1S/C18H23ClN4O/c1-13(16-4-3-5-17(19)9-16)21-18(24)23-7-6-14(12-23)8-15-10-20-22(2)11-15/h3-5,9-11,13-14H,6-8,12H2,1-2H3,(H,21,24)/t13-,14+/m1/s1. The number of rotatable bonds is 4. The van der Waals surface area contributed by atoms with Gasteiger partial charge in [-0.25, -0.2) is 4.79 Å². The molecular formula is C18H23ClN4O. The van der Waals surface area contributed by atoms with Crippen molar-refractivity contribution in [3.63, 3.8) is 0 Å². The highest BCUT2D eigenvalue weighted by molar-refractivity contribution is 6.30. The minimum absolute atomic E-state index is 0.00355. The zero-order chi connectivity index (χ0) is 17.1. The van der Waals surface area contributed by atoms with Crippen LogP contribution < -0.4 is 5.32 Å². The number of urea groups is 1. The first kappa shape index (κ1) is 16.8. The van der Waals surface area contributed by atoms with Crippen LogP contribution in [0.2, 0.25) is 5.02 Å². The third-order valence-corrected chi connectivity index (χ3v) is 4.78. The first-order valence-corrected chi connectivity index (χ1v) is 8.67. The normalized spacial score (nSPS) is 18.6. The Kier molecular flexibility index (Phi) is 5.09. The summed E-state index contributed by atoms with van der Waals surface area (Å²) in [5.41, 5.74) is 2.25. The Bertz CT molecular complexity index is 715. The SMILES string of the molecule is C[C@@H](NC(=O)N1CC[C@@H](Cc2cnn(C)c2)C1)c1cccc(Cl)c1. The lowest BCUT2D eigenvalue weighted by molar-refractivity contribution is 0.203. The molecular weight excluding hydrogens is 324 g/mol. The fraction of sp³-hybridized carbons (Fsp3) is 0.444. The predicted molar refractivity (Wildman–Crippen MR) is 95.0 cm³/mol. The Labute approximate surface area is 147 Å². The molecule has 2 atom stereocenters. The molecule has 2 heterocycles. The van der Waals surface area contributed by atoms with Gasteiger partial charge in [0.25, 0.3) is 0 Å². The molecule has 0 saturated carbocycles. The number of hydrogen-bond acceptors (Lipinski definition) is 2. The van der Waals surface area contributed by atoms with E-state index < -0.39 is 0 Å². The molecule has 1 aliphatic heterocycles. The second kappa shape index (κ2) is 7.26. The van der Waals surface area contributed by atoms with Crippen molar-refractivity contribution in [3.8, 4) is 0 Å². The summed E-state index contributed by atoms with van der Waals surface area (Å²) in [4.78, 5) is 14.4. The molecule has 1 saturated heterocycles. The molecule has 1 aliphatic rings. The quantitative estimate of drug-likeness (QED) is 0.922. The summed E-state index contributed by atoms with van der Waals surface area (Å²) in [6.07, 6.45) is 5.96. The second-order valence-electron chi connectivity index (χ2n) is 6.55. The van der Waals surface area contributed by atoms with Gasteiger partial charge in [-0.15, -0.1) is 0 Å². The van der Waals surface area contributed by atoms with E-state index in [2.05, 4.69) is 10.4 Å². The molecule has 1 aromatic heterocycles. The average molecular weight is 347 g/mol. The summed E-state index contributed by atoms with van der Waals surface area (Å²) in [5.74, 6) is 0.501. The van der Waals surface area contributed by atoms with Crippen LogP contribution in [0.5, 0.6) is 0 Å². The van der Waals surface area contributed by atoms with E-state index in [0.29, 0.717) is 10.9 Å². The molecule has 0 unspecified atom stereocenters. The molecule has 2 aromatic rings. The van der Waals surface area contributed by atoms with Gasteiger partial charge in [0.2, 0.25) is 0 Å². The van der Waals surface area contributed by atoms with E-state index in [0.717, 1.165) is 31.5 Å². The van der Waals surface area contributed by atoms with E-state index in [1.807, 2.05) is 60.2 Å². The Morgan fingerprint density at radius 2 is 2.33 bits per heavy atom. The van der Waals surface area contributed by atoms with Crippen LogP contribution >= 0.6 is 11.6 Å². The summed E-state index contributed by atoms with van der Waals surface area (Å²) < 4.78 is 1.82. The van der Waals surface area contributed by atoms with Crippen LogP contribution in [-0.4, -0.2) is 33.8 Å². The number of benzene rings is 1. The largest absolute Gasteiger partial charge is 0.331 e. The molecule has 128 valence electrons. The van der Waals surface area contributed by atoms with Gasteiger partial charge in [-0.1, -0.05) is 23.7 Å². The average Bonchev–Trinajstić information content (AvgIpc) is 3.17. The smallest absolute Gasteiger partial charge is 0.317 e. The number of aromatic nitrogens is 2. The van der Waals surface area contributed by atoms with Crippen LogP contribution in [0.25, 0.3) is 0 Å². The molecule has 24 heavy (non-hydrogen) atoms. The van der Waals surface area contributed by atoms with Crippen molar-refractivity contribution < 1.29 is 4.79 Å². The van der Waals surface area contributed by atoms with E-state index in [9.17, 15) is 4.79 Å². The molecule has 1 N–H and O–H groups in total. The van der Waals surface area contributed by atoms with Crippen molar-refractivity contribution in [1.82, 2.24) is 20.0 Å². The zero-order valence-corrected chi connectivity index (χ0v) is 14.8. The number of aryl methyl sites for hydroxylation is 1. The van der Waals surface area contributed by atoms with Crippen LogP contribution in [-0.2, 0) is 13.5 Å². The highest BCUT2D eigenvalue weighted by atomic mass is 35.5. The zero-order valence-electron chi connectivity index (χ0n) is 14.1. The maximum Gasteiger partial charge on any atom is 0.317 e. The third-order valence-electron chi connectivity index (χ3n) is 4.54. The Hall–Kier alpha value is -2.01. The number of amides is 2. The van der Waals surface area contributed by atoms with Gasteiger partial charge in [0.05, 0.1) is 12.2 Å². The van der Waals surface area contributed by atoms with E-state index in [1.165, 1.54) is 5.56 Å². The van der Waals surface area contributed by atoms with Crippen molar-refractivity contribution in [1.29, 1.82) is 0 Å².